The molecule has 1 aliphatic carbocycles. The Morgan fingerprint density at radius 1 is 1.14 bits per heavy atom. The van der Waals surface area contributed by atoms with Crippen LogP contribution in [0.4, 0.5) is 0 Å². The van der Waals surface area contributed by atoms with Gasteiger partial charge in [-0.1, -0.05) is 18.2 Å². The number of hydrogen-bond acceptors (Lipinski definition) is 4. The van der Waals surface area contributed by atoms with E-state index in [0.717, 1.165) is 32.0 Å². The molecular weight excluding hydrogens is 300 g/mol. The number of rotatable bonds is 4. The zero-order chi connectivity index (χ0) is 15.2. The second-order valence-corrected chi connectivity index (χ2v) is 8.40. The van der Waals surface area contributed by atoms with Crippen molar-refractivity contribution < 1.29 is 13.2 Å². The largest absolute Gasteiger partial charge is 0.375 e. The van der Waals surface area contributed by atoms with Crippen molar-refractivity contribution in [2.24, 2.45) is 5.92 Å². The quantitative estimate of drug-likeness (QED) is 0.905. The molecule has 3 aliphatic rings. The van der Waals surface area contributed by atoms with Crippen LogP contribution < -0.4 is 4.72 Å². The highest BCUT2D eigenvalue weighted by molar-refractivity contribution is 7.89. The molecular formula is C16H22N2O3S. The first-order chi connectivity index (χ1) is 10.6. The van der Waals surface area contributed by atoms with Crippen LogP contribution in [-0.2, 0) is 14.8 Å². The van der Waals surface area contributed by atoms with Crippen molar-refractivity contribution in [2.75, 3.05) is 19.7 Å². The molecule has 22 heavy (non-hydrogen) atoms. The molecule has 1 saturated carbocycles. The fourth-order valence-corrected chi connectivity index (χ4v) is 4.89. The molecule has 0 unspecified atom stereocenters. The van der Waals surface area contributed by atoms with Gasteiger partial charge in [-0.25, -0.2) is 13.1 Å². The molecule has 4 rings (SSSR count). The lowest BCUT2D eigenvalue weighted by Crippen LogP contribution is -2.47. The number of ether oxygens (including phenoxy) is 1. The zero-order valence-corrected chi connectivity index (χ0v) is 13.3. The fraction of sp³-hybridized carbons (Fsp3) is 0.625. The van der Waals surface area contributed by atoms with Crippen LogP contribution in [0, 0.1) is 5.92 Å². The van der Waals surface area contributed by atoms with Crippen LogP contribution in [-0.4, -0.2) is 51.2 Å². The molecule has 2 heterocycles. The summed E-state index contributed by atoms with van der Waals surface area (Å²) in [6.45, 7) is 2.49. The Morgan fingerprint density at radius 3 is 2.64 bits per heavy atom. The maximum absolute atomic E-state index is 12.4. The Balaban J connectivity index is 1.41. The number of nitrogens with one attached hydrogen (secondary N) is 1. The van der Waals surface area contributed by atoms with Gasteiger partial charge in [0.1, 0.15) is 0 Å². The number of nitrogens with zero attached hydrogens (tertiary/aromatic N) is 1. The van der Waals surface area contributed by atoms with Crippen LogP contribution in [0.5, 0.6) is 0 Å². The van der Waals surface area contributed by atoms with Gasteiger partial charge in [0.2, 0.25) is 10.0 Å². The predicted octanol–water partition coefficient (Wildman–Crippen LogP) is 1.22. The number of hydrogen-bond donors (Lipinski definition) is 1. The van der Waals surface area contributed by atoms with Gasteiger partial charge in [0.25, 0.3) is 0 Å². The van der Waals surface area contributed by atoms with Crippen molar-refractivity contribution in [1.82, 2.24) is 9.62 Å². The second-order valence-electron chi connectivity index (χ2n) is 6.68. The molecule has 3 fully saturated rings. The van der Waals surface area contributed by atoms with E-state index in [2.05, 4.69) is 9.62 Å². The van der Waals surface area contributed by atoms with Gasteiger partial charge in [0.05, 0.1) is 17.6 Å². The summed E-state index contributed by atoms with van der Waals surface area (Å²) in [6.07, 6.45) is 3.77. The van der Waals surface area contributed by atoms with Crippen LogP contribution >= 0.6 is 0 Å². The maximum atomic E-state index is 12.4. The summed E-state index contributed by atoms with van der Waals surface area (Å²) in [5.41, 5.74) is 0. The first kappa shape index (κ1) is 14.6. The third-order valence-corrected chi connectivity index (χ3v) is 6.50. The standard InChI is InChI=1S/C16H22N2O3S/c19-22(20,15-4-2-1-3-5-15)17-13-8-14-11-21-16(12-6-7-12)10-18(14)9-13/h1-5,12-14,16-17H,6-11H2/t13-,14+,16+/m1/s1. The van der Waals surface area contributed by atoms with Crippen molar-refractivity contribution >= 4 is 10.0 Å². The molecule has 1 aromatic rings. The number of sulfonamides is 1. The van der Waals surface area contributed by atoms with Crippen LogP contribution in [0.1, 0.15) is 19.3 Å². The highest BCUT2D eigenvalue weighted by Gasteiger charge is 2.43. The third-order valence-electron chi connectivity index (χ3n) is 4.97. The summed E-state index contributed by atoms with van der Waals surface area (Å²) in [4.78, 5) is 2.75. The van der Waals surface area contributed by atoms with E-state index in [4.69, 9.17) is 4.74 Å². The minimum Gasteiger partial charge on any atom is -0.375 e. The summed E-state index contributed by atoms with van der Waals surface area (Å²) in [5.74, 6) is 0.737. The zero-order valence-electron chi connectivity index (χ0n) is 12.5. The molecule has 1 aromatic carbocycles. The van der Waals surface area contributed by atoms with Gasteiger partial charge in [-0.05, 0) is 37.3 Å². The van der Waals surface area contributed by atoms with Gasteiger partial charge in [-0.3, -0.25) is 4.90 Å². The molecule has 6 heteroatoms. The average molecular weight is 322 g/mol. The van der Waals surface area contributed by atoms with Crippen LogP contribution in [0.2, 0.25) is 0 Å². The molecule has 2 aliphatic heterocycles. The maximum Gasteiger partial charge on any atom is 0.240 e. The van der Waals surface area contributed by atoms with E-state index in [-0.39, 0.29) is 6.04 Å². The molecule has 0 spiro atoms. The van der Waals surface area contributed by atoms with Gasteiger partial charge in [-0.15, -0.1) is 0 Å². The van der Waals surface area contributed by atoms with Crippen LogP contribution in [0.15, 0.2) is 35.2 Å². The second kappa shape index (κ2) is 5.60. The number of fused-ring (bicyclic) bond motifs is 1. The summed E-state index contributed by atoms with van der Waals surface area (Å²) >= 11 is 0. The van der Waals surface area contributed by atoms with E-state index < -0.39 is 10.0 Å². The van der Waals surface area contributed by atoms with Gasteiger partial charge in [-0.2, -0.15) is 0 Å². The van der Waals surface area contributed by atoms with E-state index in [1.54, 1.807) is 24.3 Å². The monoisotopic (exact) mass is 322 g/mol. The number of benzene rings is 1. The average Bonchev–Trinajstić information content (AvgIpc) is 3.28. The van der Waals surface area contributed by atoms with Crippen molar-refractivity contribution in [1.29, 1.82) is 0 Å². The fourth-order valence-electron chi connectivity index (χ4n) is 3.63. The van der Waals surface area contributed by atoms with Gasteiger partial charge in [0, 0.05) is 25.2 Å². The lowest BCUT2D eigenvalue weighted by atomic mass is 10.1. The Labute approximate surface area is 131 Å². The minimum absolute atomic E-state index is 0.0169. The van der Waals surface area contributed by atoms with Gasteiger partial charge >= 0.3 is 0 Å². The van der Waals surface area contributed by atoms with E-state index in [1.165, 1.54) is 12.8 Å². The SMILES string of the molecule is O=S(=O)(N[C@@H]1C[C@H]2CO[C@H](C3CC3)CN2C1)c1ccccc1. The molecule has 0 bridgehead atoms. The third kappa shape index (κ3) is 2.93. The highest BCUT2D eigenvalue weighted by Crippen LogP contribution is 2.38. The molecule has 0 amide bonds. The Morgan fingerprint density at radius 2 is 1.91 bits per heavy atom. The molecule has 0 radical (unpaired) electrons. The van der Waals surface area contributed by atoms with Crippen molar-refractivity contribution in [3.8, 4) is 0 Å². The van der Waals surface area contributed by atoms with E-state index in [9.17, 15) is 8.42 Å². The minimum atomic E-state index is -3.42. The Hall–Kier alpha value is -0.950. The van der Waals surface area contributed by atoms with Crippen LogP contribution in [0.3, 0.4) is 0 Å². The first-order valence-electron chi connectivity index (χ1n) is 8.05. The molecule has 5 nitrogen and oxygen atoms in total. The van der Waals surface area contributed by atoms with Crippen molar-refractivity contribution in [3.05, 3.63) is 30.3 Å². The highest BCUT2D eigenvalue weighted by atomic mass is 32.2. The van der Waals surface area contributed by atoms with E-state index in [1.807, 2.05) is 6.07 Å². The topological polar surface area (TPSA) is 58.6 Å². The van der Waals surface area contributed by atoms with Gasteiger partial charge < -0.3 is 4.74 Å². The Bertz CT molecular complexity index is 630. The summed E-state index contributed by atoms with van der Waals surface area (Å²) in [5, 5.41) is 0. The molecule has 2 saturated heterocycles. The summed E-state index contributed by atoms with van der Waals surface area (Å²) < 4.78 is 33.7. The van der Waals surface area contributed by atoms with E-state index >= 15 is 0 Å². The summed E-state index contributed by atoms with van der Waals surface area (Å²) in [6, 6.07) is 8.94. The van der Waals surface area contributed by atoms with E-state index in [0.29, 0.717) is 17.0 Å². The normalized spacial score (nSPS) is 32.8. The summed E-state index contributed by atoms with van der Waals surface area (Å²) in [7, 11) is -3.42. The van der Waals surface area contributed by atoms with Crippen molar-refractivity contribution in [2.45, 2.75) is 42.3 Å². The predicted molar refractivity (Wildman–Crippen MR) is 83.0 cm³/mol. The number of morpholine rings is 1. The lowest BCUT2D eigenvalue weighted by molar-refractivity contribution is -0.0581. The smallest absolute Gasteiger partial charge is 0.240 e. The van der Waals surface area contributed by atoms with Crippen LogP contribution in [0.25, 0.3) is 0 Å². The molecule has 0 aromatic heterocycles. The molecule has 120 valence electrons. The Kier molecular flexibility index (Phi) is 3.72. The lowest BCUT2D eigenvalue weighted by Gasteiger charge is -2.35. The first-order valence-corrected chi connectivity index (χ1v) is 9.53. The van der Waals surface area contributed by atoms with Gasteiger partial charge in [0.15, 0.2) is 0 Å². The van der Waals surface area contributed by atoms with Crippen molar-refractivity contribution in [3.63, 3.8) is 0 Å². The molecule has 3 atom stereocenters. The molecule has 1 N–H and O–H groups in total.